The van der Waals surface area contributed by atoms with Gasteiger partial charge in [0, 0.05) is 0 Å². The van der Waals surface area contributed by atoms with Gasteiger partial charge in [0.25, 0.3) is 0 Å². The molecule has 2 N–H and O–H groups in total. The van der Waals surface area contributed by atoms with Crippen LogP contribution in [-0.2, 0) is 14.8 Å². The number of rotatable bonds is 6. The van der Waals surface area contributed by atoms with Crippen LogP contribution in [0.4, 0.5) is 4.79 Å². The molecule has 0 aliphatic rings. The summed E-state index contributed by atoms with van der Waals surface area (Å²) in [4.78, 5) is 12.9. The minimum Gasteiger partial charge on any atom is -0.446 e. The SMILES string of the molecule is CCCCS(=O)(=O)NNC(=O)OC(C)C. The summed E-state index contributed by atoms with van der Waals surface area (Å²) in [6.07, 6.45) is 0.239. The first kappa shape index (κ1) is 14.2. The Morgan fingerprint density at radius 1 is 1.40 bits per heavy atom. The Kier molecular flexibility index (Phi) is 6.26. The monoisotopic (exact) mass is 238 g/mol. The maximum Gasteiger partial charge on any atom is 0.422 e. The number of hydrazine groups is 1. The second kappa shape index (κ2) is 6.62. The fourth-order valence-corrected chi connectivity index (χ4v) is 1.76. The van der Waals surface area contributed by atoms with E-state index in [9.17, 15) is 13.2 Å². The first-order valence-corrected chi connectivity index (χ1v) is 6.48. The molecular formula is C8H18N2O4S. The molecule has 0 atom stereocenters. The van der Waals surface area contributed by atoms with Crippen molar-refractivity contribution in [3.8, 4) is 0 Å². The molecule has 0 fully saturated rings. The lowest BCUT2D eigenvalue weighted by Crippen LogP contribution is -2.43. The van der Waals surface area contributed by atoms with Gasteiger partial charge in [-0.1, -0.05) is 13.3 Å². The number of ether oxygens (including phenoxy) is 1. The van der Waals surface area contributed by atoms with Gasteiger partial charge in [-0.15, -0.1) is 4.83 Å². The Morgan fingerprint density at radius 3 is 2.47 bits per heavy atom. The number of nitrogens with one attached hydrogen (secondary N) is 2. The van der Waals surface area contributed by atoms with E-state index in [-0.39, 0.29) is 11.9 Å². The van der Waals surface area contributed by atoms with Crippen molar-refractivity contribution >= 4 is 16.1 Å². The molecule has 15 heavy (non-hydrogen) atoms. The normalized spacial score (nSPS) is 11.5. The molecule has 0 aromatic carbocycles. The molecule has 0 saturated carbocycles. The summed E-state index contributed by atoms with van der Waals surface area (Å²) >= 11 is 0. The third kappa shape index (κ3) is 8.19. The molecule has 7 heteroatoms. The van der Waals surface area contributed by atoms with Crippen LogP contribution in [0.3, 0.4) is 0 Å². The quantitative estimate of drug-likeness (QED) is 0.669. The van der Waals surface area contributed by atoms with Crippen molar-refractivity contribution in [2.75, 3.05) is 5.75 Å². The molecule has 0 radical (unpaired) electrons. The van der Waals surface area contributed by atoms with Crippen LogP contribution in [0.25, 0.3) is 0 Å². The first-order valence-electron chi connectivity index (χ1n) is 4.83. The van der Waals surface area contributed by atoms with Crippen LogP contribution in [-0.4, -0.2) is 26.4 Å². The Hall–Kier alpha value is -0.820. The predicted octanol–water partition coefficient (Wildman–Crippen LogP) is 0.756. The molecule has 0 unspecified atom stereocenters. The Bertz CT molecular complexity index is 287. The van der Waals surface area contributed by atoms with Crippen molar-refractivity contribution in [1.82, 2.24) is 10.3 Å². The van der Waals surface area contributed by atoms with Gasteiger partial charge in [-0.2, -0.15) is 0 Å². The van der Waals surface area contributed by atoms with Crippen LogP contribution in [0.5, 0.6) is 0 Å². The zero-order chi connectivity index (χ0) is 11.9. The number of unbranched alkanes of at least 4 members (excludes halogenated alkanes) is 1. The average Bonchev–Trinajstić information content (AvgIpc) is 2.11. The molecule has 0 spiro atoms. The fourth-order valence-electron chi connectivity index (χ4n) is 0.748. The molecule has 1 amide bonds. The number of hydrogen-bond donors (Lipinski definition) is 2. The Morgan fingerprint density at radius 2 is 2.00 bits per heavy atom. The minimum atomic E-state index is -3.44. The van der Waals surface area contributed by atoms with Crippen molar-refractivity contribution < 1.29 is 17.9 Å². The summed E-state index contributed by atoms with van der Waals surface area (Å²) in [6, 6.07) is 0. The lowest BCUT2D eigenvalue weighted by atomic mass is 10.4. The third-order valence-electron chi connectivity index (χ3n) is 1.42. The van der Waals surface area contributed by atoms with E-state index < -0.39 is 16.1 Å². The van der Waals surface area contributed by atoms with E-state index in [1.54, 1.807) is 13.8 Å². The molecule has 0 rings (SSSR count). The second-order valence-electron chi connectivity index (χ2n) is 3.35. The van der Waals surface area contributed by atoms with Gasteiger partial charge in [0.05, 0.1) is 11.9 Å². The van der Waals surface area contributed by atoms with Crippen molar-refractivity contribution in [2.24, 2.45) is 0 Å². The highest BCUT2D eigenvalue weighted by Crippen LogP contribution is 1.92. The van der Waals surface area contributed by atoms with Crippen LogP contribution in [0.1, 0.15) is 33.6 Å². The highest BCUT2D eigenvalue weighted by molar-refractivity contribution is 7.89. The molecule has 0 bridgehead atoms. The number of carbonyl (C=O) groups is 1. The van der Waals surface area contributed by atoms with Gasteiger partial charge in [-0.05, 0) is 20.3 Å². The molecule has 0 aromatic heterocycles. The molecule has 0 aromatic rings. The van der Waals surface area contributed by atoms with Crippen molar-refractivity contribution in [3.63, 3.8) is 0 Å². The van der Waals surface area contributed by atoms with E-state index in [1.165, 1.54) is 0 Å². The number of hydrogen-bond acceptors (Lipinski definition) is 4. The highest BCUT2D eigenvalue weighted by Gasteiger charge is 2.11. The lowest BCUT2D eigenvalue weighted by Gasteiger charge is -2.10. The lowest BCUT2D eigenvalue weighted by molar-refractivity contribution is 0.114. The molecule has 0 aliphatic heterocycles. The molecular weight excluding hydrogens is 220 g/mol. The van der Waals surface area contributed by atoms with Gasteiger partial charge >= 0.3 is 6.09 Å². The van der Waals surface area contributed by atoms with Crippen LogP contribution < -0.4 is 10.3 Å². The van der Waals surface area contributed by atoms with Crippen LogP contribution >= 0.6 is 0 Å². The summed E-state index contributed by atoms with van der Waals surface area (Å²) < 4.78 is 27.1. The maximum absolute atomic E-state index is 11.2. The van der Waals surface area contributed by atoms with E-state index >= 15 is 0 Å². The highest BCUT2D eigenvalue weighted by atomic mass is 32.2. The molecule has 0 saturated heterocycles. The van der Waals surface area contributed by atoms with E-state index in [0.29, 0.717) is 6.42 Å². The van der Waals surface area contributed by atoms with E-state index in [1.807, 2.05) is 17.2 Å². The van der Waals surface area contributed by atoms with Crippen LogP contribution in [0.15, 0.2) is 0 Å². The average molecular weight is 238 g/mol. The van der Waals surface area contributed by atoms with Crippen LogP contribution in [0, 0.1) is 0 Å². The van der Waals surface area contributed by atoms with Gasteiger partial charge < -0.3 is 4.74 Å². The summed E-state index contributed by atoms with van der Waals surface area (Å²) in [6.45, 7) is 5.23. The van der Waals surface area contributed by atoms with Gasteiger partial charge in [-0.25, -0.2) is 18.6 Å². The van der Waals surface area contributed by atoms with Crippen molar-refractivity contribution in [2.45, 2.75) is 39.7 Å². The first-order chi connectivity index (χ1) is 6.87. The molecule has 6 nitrogen and oxygen atoms in total. The molecule has 0 aliphatic carbocycles. The van der Waals surface area contributed by atoms with E-state index in [2.05, 4.69) is 4.74 Å². The van der Waals surface area contributed by atoms with Gasteiger partial charge in [-0.3, -0.25) is 0 Å². The summed E-state index contributed by atoms with van der Waals surface area (Å²) in [5.74, 6) is -0.00847. The summed E-state index contributed by atoms with van der Waals surface area (Å²) in [5.41, 5.74) is 1.96. The van der Waals surface area contributed by atoms with E-state index in [4.69, 9.17) is 0 Å². The van der Waals surface area contributed by atoms with Crippen molar-refractivity contribution in [3.05, 3.63) is 0 Å². The minimum absolute atomic E-state index is 0.00847. The third-order valence-corrected chi connectivity index (χ3v) is 2.66. The summed E-state index contributed by atoms with van der Waals surface area (Å²) in [7, 11) is -3.44. The fraction of sp³-hybridized carbons (Fsp3) is 0.875. The topological polar surface area (TPSA) is 84.5 Å². The number of amides is 1. The van der Waals surface area contributed by atoms with Crippen LogP contribution in [0.2, 0.25) is 0 Å². The van der Waals surface area contributed by atoms with Gasteiger partial charge in [0.1, 0.15) is 0 Å². The number of sulfonamides is 1. The van der Waals surface area contributed by atoms with Gasteiger partial charge in [0.2, 0.25) is 10.0 Å². The smallest absolute Gasteiger partial charge is 0.422 e. The van der Waals surface area contributed by atoms with E-state index in [0.717, 1.165) is 6.42 Å². The standard InChI is InChI=1S/C8H18N2O4S/c1-4-5-6-15(12,13)10-9-8(11)14-7(2)3/h7,10H,4-6H2,1-3H3,(H,9,11). The van der Waals surface area contributed by atoms with Gasteiger partial charge in [0.15, 0.2) is 0 Å². The maximum atomic E-state index is 11.2. The molecule has 0 heterocycles. The molecule has 90 valence electrons. The van der Waals surface area contributed by atoms with Crippen molar-refractivity contribution in [1.29, 1.82) is 0 Å². The largest absolute Gasteiger partial charge is 0.446 e. The zero-order valence-corrected chi connectivity index (χ0v) is 10.1. The number of carbonyl (C=O) groups excluding carboxylic acids is 1. The second-order valence-corrected chi connectivity index (χ2v) is 5.20. The zero-order valence-electron chi connectivity index (χ0n) is 9.24. The summed E-state index contributed by atoms with van der Waals surface area (Å²) in [5, 5.41) is 0. The Balaban J connectivity index is 3.88. The Labute approximate surface area is 90.4 Å². The predicted molar refractivity (Wildman–Crippen MR) is 56.6 cm³/mol.